The van der Waals surface area contributed by atoms with Gasteiger partial charge in [0.25, 0.3) is 0 Å². The quantitative estimate of drug-likeness (QED) is 0.876. The van der Waals surface area contributed by atoms with Gasteiger partial charge in [-0.1, -0.05) is 29.8 Å². The lowest BCUT2D eigenvalue weighted by molar-refractivity contribution is -0.121. The largest absolute Gasteiger partial charge is 0.368 e. The standard InChI is InChI=1S/C12H16BrFN2O/c1-7(2)11(12(15)17)16-6-8-5-9(14)3-4-10(8)13/h3-5,7,11,16H,6H2,1-2H3,(H2,15,17). The summed E-state index contributed by atoms with van der Waals surface area (Å²) in [5, 5.41) is 3.03. The molecule has 17 heavy (non-hydrogen) atoms. The Labute approximate surface area is 109 Å². The van der Waals surface area contributed by atoms with Crippen LogP contribution in [0.5, 0.6) is 0 Å². The van der Waals surface area contributed by atoms with Gasteiger partial charge < -0.3 is 11.1 Å². The molecule has 0 aliphatic heterocycles. The number of hydrogen-bond donors (Lipinski definition) is 2. The van der Waals surface area contributed by atoms with Crippen LogP contribution >= 0.6 is 15.9 Å². The van der Waals surface area contributed by atoms with Gasteiger partial charge in [-0.2, -0.15) is 0 Å². The summed E-state index contributed by atoms with van der Waals surface area (Å²) in [5.41, 5.74) is 6.04. The van der Waals surface area contributed by atoms with Gasteiger partial charge in [0.15, 0.2) is 0 Å². The predicted molar refractivity (Wildman–Crippen MR) is 68.8 cm³/mol. The fourth-order valence-corrected chi connectivity index (χ4v) is 1.95. The zero-order chi connectivity index (χ0) is 13.0. The number of amides is 1. The molecule has 0 bridgehead atoms. The highest BCUT2D eigenvalue weighted by molar-refractivity contribution is 9.10. The molecule has 5 heteroatoms. The molecule has 0 fully saturated rings. The highest BCUT2D eigenvalue weighted by atomic mass is 79.9. The molecule has 0 aromatic heterocycles. The first-order valence-corrected chi connectivity index (χ1v) is 6.17. The number of benzene rings is 1. The average molecular weight is 303 g/mol. The third kappa shape index (κ3) is 4.09. The molecule has 0 radical (unpaired) electrons. The van der Waals surface area contributed by atoms with Gasteiger partial charge in [-0.25, -0.2) is 4.39 Å². The van der Waals surface area contributed by atoms with Crippen LogP contribution in [-0.4, -0.2) is 11.9 Å². The summed E-state index contributed by atoms with van der Waals surface area (Å²) in [5.74, 6) is -0.600. The molecule has 0 saturated carbocycles. The second-order valence-corrected chi connectivity index (χ2v) is 5.10. The number of carbonyl (C=O) groups is 1. The van der Waals surface area contributed by atoms with E-state index in [-0.39, 0.29) is 11.7 Å². The smallest absolute Gasteiger partial charge is 0.234 e. The van der Waals surface area contributed by atoms with Crippen molar-refractivity contribution < 1.29 is 9.18 Å². The maximum Gasteiger partial charge on any atom is 0.234 e. The van der Waals surface area contributed by atoms with Crippen LogP contribution in [0.2, 0.25) is 0 Å². The van der Waals surface area contributed by atoms with Crippen LogP contribution in [0.4, 0.5) is 4.39 Å². The molecule has 1 atom stereocenters. The Kier molecular flexibility index (Phi) is 5.08. The van der Waals surface area contributed by atoms with Crippen LogP contribution in [0, 0.1) is 11.7 Å². The van der Waals surface area contributed by atoms with E-state index in [1.54, 1.807) is 6.07 Å². The zero-order valence-corrected chi connectivity index (χ0v) is 11.4. The van der Waals surface area contributed by atoms with Gasteiger partial charge in [-0.15, -0.1) is 0 Å². The lowest BCUT2D eigenvalue weighted by Crippen LogP contribution is -2.44. The fraction of sp³-hybridized carbons (Fsp3) is 0.417. The molecule has 0 saturated heterocycles. The SMILES string of the molecule is CC(C)C(NCc1cc(F)ccc1Br)C(N)=O. The fourth-order valence-electron chi connectivity index (χ4n) is 1.56. The highest BCUT2D eigenvalue weighted by Crippen LogP contribution is 2.18. The second-order valence-electron chi connectivity index (χ2n) is 4.24. The summed E-state index contributed by atoms with van der Waals surface area (Å²) >= 11 is 3.33. The minimum absolute atomic E-state index is 0.0971. The van der Waals surface area contributed by atoms with E-state index in [9.17, 15) is 9.18 Å². The molecule has 0 aliphatic carbocycles. The number of carbonyl (C=O) groups excluding carboxylic acids is 1. The molecule has 0 aliphatic rings. The van der Waals surface area contributed by atoms with Gasteiger partial charge in [0.1, 0.15) is 5.82 Å². The molecule has 94 valence electrons. The topological polar surface area (TPSA) is 55.1 Å². The minimum Gasteiger partial charge on any atom is -0.368 e. The Balaban J connectivity index is 2.72. The monoisotopic (exact) mass is 302 g/mol. The molecule has 3 nitrogen and oxygen atoms in total. The number of rotatable bonds is 5. The summed E-state index contributed by atoms with van der Waals surface area (Å²) in [6, 6.07) is 4.03. The van der Waals surface area contributed by atoms with Crippen molar-refractivity contribution >= 4 is 21.8 Å². The average Bonchev–Trinajstić information content (AvgIpc) is 2.22. The molecular formula is C12H16BrFN2O. The van der Waals surface area contributed by atoms with Crippen molar-refractivity contribution in [1.29, 1.82) is 0 Å². The number of halogens is 2. The summed E-state index contributed by atoms with van der Waals surface area (Å²) in [7, 11) is 0. The van der Waals surface area contributed by atoms with Crippen LogP contribution in [0.1, 0.15) is 19.4 Å². The van der Waals surface area contributed by atoms with E-state index >= 15 is 0 Å². The maximum atomic E-state index is 13.0. The van der Waals surface area contributed by atoms with Gasteiger partial charge in [0, 0.05) is 11.0 Å². The highest BCUT2D eigenvalue weighted by Gasteiger charge is 2.18. The molecule has 1 amide bonds. The summed E-state index contributed by atoms with van der Waals surface area (Å²) < 4.78 is 13.9. The normalized spacial score (nSPS) is 12.8. The Morgan fingerprint density at radius 1 is 1.53 bits per heavy atom. The summed E-state index contributed by atoms with van der Waals surface area (Å²) in [4.78, 5) is 11.2. The van der Waals surface area contributed by atoms with Crippen molar-refractivity contribution in [3.05, 3.63) is 34.1 Å². The van der Waals surface area contributed by atoms with E-state index < -0.39 is 11.9 Å². The first kappa shape index (κ1) is 14.1. The van der Waals surface area contributed by atoms with E-state index in [1.807, 2.05) is 13.8 Å². The van der Waals surface area contributed by atoms with Crippen LogP contribution in [0.15, 0.2) is 22.7 Å². The molecule has 1 rings (SSSR count). The van der Waals surface area contributed by atoms with Crippen LogP contribution < -0.4 is 11.1 Å². The van der Waals surface area contributed by atoms with Crippen molar-refractivity contribution in [2.45, 2.75) is 26.4 Å². The molecule has 1 aromatic rings. The third-order valence-corrected chi connectivity index (χ3v) is 3.27. The van der Waals surface area contributed by atoms with E-state index in [0.717, 1.165) is 10.0 Å². The van der Waals surface area contributed by atoms with Crippen molar-refractivity contribution in [2.75, 3.05) is 0 Å². The molecule has 0 heterocycles. The molecule has 0 spiro atoms. The number of primary amides is 1. The Bertz CT molecular complexity index is 409. The minimum atomic E-state index is -0.412. The van der Waals surface area contributed by atoms with Crippen molar-refractivity contribution in [1.82, 2.24) is 5.32 Å². The third-order valence-electron chi connectivity index (χ3n) is 2.49. The van der Waals surface area contributed by atoms with Crippen LogP contribution in [-0.2, 0) is 11.3 Å². The van der Waals surface area contributed by atoms with Crippen molar-refractivity contribution in [2.24, 2.45) is 11.7 Å². The molecule has 3 N–H and O–H groups in total. The van der Waals surface area contributed by atoms with Crippen LogP contribution in [0.25, 0.3) is 0 Å². The first-order chi connectivity index (χ1) is 7.91. The molecular weight excluding hydrogens is 287 g/mol. The Hall–Kier alpha value is -0.940. The van der Waals surface area contributed by atoms with Gasteiger partial charge in [-0.05, 0) is 29.7 Å². The number of nitrogens with one attached hydrogen (secondary N) is 1. The lowest BCUT2D eigenvalue weighted by Gasteiger charge is -2.19. The Morgan fingerprint density at radius 3 is 2.71 bits per heavy atom. The van der Waals surface area contributed by atoms with E-state index in [0.29, 0.717) is 6.54 Å². The summed E-state index contributed by atoms with van der Waals surface area (Å²) in [6.45, 7) is 4.20. The summed E-state index contributed by atoms with van der Waals surface area (Å²) in [6.07, 6.45) is 0. The van der Waals surface area contributed by atoms with Gasteiger partial charge in [-0.3, -0.25) is 4.79 Å². The number of nitrogens with two attached hydrogens (primary N) is 1. The molecule has 1 unspecified atom stereocenters. The second kappa shape index (κ2) is 6.12. The van der Waals surface area contributed by atoms with E-state index in [4.69, 9.17) is 5.73 Å². The molecule has 1 aromatic carbocycles. The predicted octanol–water partition coefficient (Wildman–Crippen LogP) is 2.19. The van der Waals surface area contributed by atoms with Crippen molar-refractivity contribution in [3.8, 4) is 0 Å². The van der Waals surface area contributed by atoms with Crippen LogP contribution in [0.3, 0.4) is 0 Å². The van der Waals surface area contributed by atoms with Gasteiger partial charge in [0.2, 0.25) is 5.91 Å². The number of hydrogen-bond acceptors (Lipinski definition) is 2. The van der Waals surface area contributed by atoms with E-state index in [2.05, 4.69) is 21.2 Å². The lowest BCUT2D eigenvalue weighted by atomic mass is 10.0. The maximum absolute atomic E-state index is 13.0. The van der Waals surface area contributed by atoms with Gasteiger partial charge >= 0.3 is 0 Å². The zero-order valence-electron chi connectivity index (χ0n) is 9.84. The van der Waals surface area contributed by atoms with Gasteiger partial charge in [0.05, 0.1) is 6.04 Å². The van der Waals surface area contributed by atoms with Crippen molar-refractivity contribution in [3.63, 3.8) is 0 Å². The first-order valence-electron chi connectivity index (χ1n) is 5.38. The Morgan fingerprint density at radius 2 is 2.18 bits per heavy atom. The van der Waals surface area contributed by atoms with E-state index in [1.165, 1.54) is 12.1 Å².